The van der Waals surface area contributed by atoms with Crippen molar-refractivity contribution in [3.63, 3.8) is 0 Å². The first kappa shape index (κ1) is 28.0. The van der Waals surface area contributed by atoms with Gasteiger partial charge in [-0.3, -0.25) is 0 Å². The minimum absolute atomic E-state index is 0. The van der Waals surface area contributed by atoms with Gasteiger partial charge in [-0.05, 0) is 0 Å². The van der Waals surface area contributed by atoms with Crippen molar-refractivity contribution in [2.45, 2.75) is 0 Å². The molecule has 0 heterocycles. The molecule has 0 fully saturated rings. The third-order valence-corrected chi connectivity index (χ3v) is 0. The summed E-state index contributed by atoms with van der Waals surface area (Å²) in [5.74, 6) is 0. The average molecular weight is 619 g/mol. The molecule has 0 spiro atoms. The van der Waals surface area contributed by atoms with E-state index < -0.39 is 0 Å². The minimum atomic E-state index is 0. The molecule has 0 nitrogen and oxygen atoms in total. The molecular formula is H5IrSbSnTa. The van der Waals surface area contributed by atoms with Crippen LogP contribution in [0.3, 0.4) is 0 Å². The van der Waals surface area contributed by atoms with Gasteiger partial charge in [-0.25, -0.2) is 0 Å². The standard InChI is InChI=1S/Ir.Sb.Sn.Ta.5H. The largest absolute Gasteiger partial charge is 0 e. The van der Waals surface area contributed by atoms with Crippen LogP contribution in [0, 0.1) is 0 Å². The van der Waals surface area contributed by atoms with Gasteiger partial charge in [0.25, 0.3) is 0 Å². The van der Waals surface area contributed by atoms with Crippen molar-refractivity contribution in [1.29, 1.82) is 0 Å². The van der Waals surface area contributed by atoms with E-state index in [1.54, 1.807) is 0 Å². The molecule has 0 aliphatic carbocycles. The minimum Gasteiger partial charge on any atom is 0 e. The van der Waals surface area contributed by atoms with Crippen LogP contribution in [0.4, 0.5) is 0 Å². The van der Waals surface area contributed by atoms with E-state index in [1.165, 1.54) is 0 Å². The molecule has 0 atom stereocenters. The fourth-order valence-corrected chi connectivity index (χ4v) is 0. The van der Waals surface area contributed by atoms with E-state index >= 15 is 0 Å². The van der Waals surface area contributed by atoms with E-state index in [2.05, 4.69) is 0 Å². The van der Waals surface area contributed by atoms with Crippen molar-refractivity contribution in [3.05, 3.63) is 0 Å². The van der Waals surface area contributed by atoms with Gasteiger partial charge in [-0.1, -0.05) is 0 Å². The SMILES string of the molecule is [Ir].[SbH3].[SnH2].[Ta]. The van der Waals surface area contributed by atoms with Crippen LogP contribution in [0.25, 0.3) is 0 Å². The maximum absolute atomic E-state index is 0. The summed E-state index contributed by atoms with van der Waals surface area (Å²) in [7, 11) is 0. The third-order valence-electron chi connectivity index (χ3n) is 0. The Morgan fingerprint density at radius 3 is 1.00 bits per heavy atom. The molecule has 0 bridgehead atoms. The van der Waals surface area contributed by atoms with Crippen LogP contribution < -0.4 is 0 Å². The smallest absolute Gasteiger partial charge is 0 e. The van der Waals surface area contributed by atoms with E-state index in [0.717, 1.165) is 0 Å². The Morgan fingerprint density at radius 2 is 1.00 bits per heavy atom. The van der Waals surface area contributed by atoms with Gasteiger partial charge >= 0.3 is 48.3 Å². The van der Waals surface area contributed by atoms with Crippen LogP contribution in [0.5, 0.6) is 0 Å². The van der Waals surface area contributed by atoms with Crippen LogP contribution in [0.15, 0.2) is 0 Å². The van der Waals surface area contributed by atoms with Crippen LogP contribution in [-0.4, -0.2) is 48.3 Å². The maximum atomic E-state index is 0. The number of hydrogen-bond acceptors (Lipinski definition) is 0. The van der Waals surface area contributed by atoms with Crippen molar-refractivity contribution < 1.29 is 42.5 Å². The van der Waals surface area contributed by atoms with E-state index in [4.69, 9.17) is 0 Å². The Labute approximate surface area is 89.1 Å². The molecule has 0 aromatic heterocycles. The first-order valence-electron chi connectivity index (χ1n) is 0. The second-order valence-electron chi connectivity index (χ2n) is 0. The van der Waals surface area contributed by atoms with Crippen LogP contribution in [-0.2, 0) is 42.5 Å². The summed E-state index contributed by atoms with van der Waals surface area (Å²) in [6.07, 6.45) is 0. The Hall–Kier alpha value is 3.01. The van der Waals surface area contributed by atoms with Crippen molar-refractivity contribution in [3.8, 4) is 0 Å². The molecule has 0 aromatic rings. The summed E-state index contributed by atoms with van der Waals surface area (Å²) < 4.78 is 0. The van der Waals surface area contributed by atoms with E-state index in [1.807, 2.05) is 0 Å². The van der Waals surface area contributed by atoms with Gasteiger partial charge in [0.1, 0.15) is 0 Å². The van der Waals surface area contributed by atoms with Crippen LogP contribution in [0.2, 0.25) is 0 Å². The molecule has 4 heteroatoms. The quantitative estimate of drug-likeness (QED) is 0.273. The van der Waals surface area contributed by atoms with Crippen LogP contribution >= 0.6 is 0 Å². The zero-order valence-corrected chi connectivity index (χ0v) is 15.9. The fourth-order valence-electron chi connectivity index (χ4n) is 0. The van der Waals surface area contributed by atoms with Crippen molar-refractivity contribution in [1.82, 2.24) is 0 Å². The molecule has 4 radical (unpaired) electrons. The topological polar surface area (TPSA) is 0 Å². The van der Waals surface area contributed by atoms with Gasteiger partial charge in [0, 0.05) is 42.5 Å². The van der Waals surface area contributed by atoms with Crippen molar-refractivity contribution >= 4 is 48.3 Å². The molecule has 0 saturated heterocycles. The molecule has 0 unspecified atom stereocenters. The molecule has 0 N–H and O–H groups in total. The molecule has 0 aromatic carbocycles. The van der Waals surface area contributed by atoms with E-state index in [0.29, 0.717) is 0 Å². The van der Waals surface area contributed by atoms with E-state index in [9.17, 15) is 0 Å². The Bertz CT molecular complexity index is 8.00. The zero-order chi connectivity index (χ0) is 0. The Balaban J connectivity index is 0. The molecule has 4 heavy (non-hydrogen) atoms. The molecule has 0 aliphatic heterocycles. The molecule has 0 saturated carbocycles. The third kappa shape index (κ3) is 8.89. The molecule has 0 aliphatic rings. The average Bonchev–Trinajstić information content (AvgIpc) is 0. The molecule has 28 valence electrons. The monoisotopic (exact) mass is 620 g/mol. The van der Waals surface area contributed by atoms with Crippen molar-refractivity contribution in [2.75, 3.05) is 0 Å². The first-order chi connectivity index (χ1) is 0. The maximum Gasteiger partial charge on any atom is 0 e. The molecule has 0 amide bonds. The number of hydrogen-bond donors (Lipinski definition) is 0. The second kappa shape index (κ2) is 16.7. The summed E-state index contributed by atoms with van der Waals surface area (Å²) in [6, 6.07) is 0. The zero-order valence-electron chi connectivity index (χ0n) is 2.19. The van der Waals surface area contributed by atoms with Gasteiger partial charge < -0.3 is 0 Å². The normalized spacial score (nSPS) is 0. The Morgan fingerprint density at radius 1 is 1.00 bits per heavy atom. The predicted octanol–water partition coefficient (Wildman–Crippen LogP) is -2.11. The van der Waals surface area contributed by atoms with Crippen LogP contribution in [0.1, 0.15) is 0 Å². The second-order valence-corrected chi connectivity index (χ2v) is 0. The predicted molar refractivity (Wildman–Crippen MR) is 18.5 cm³/mol. The summed E-state index contributed by atoms with van der Waals surface area (Å²) in [5, 5.41) is 0. The fraction of sp³-hybridized carbons (Fsp3) is 0. The van der Waals surface area contributed by atoms with Gasteiger partial charge in [0.2, 0.25) is 0 Å². The Kier molecular flexibility index (Phi) is 116. The molecular weight excluding hydrogens is 614 g/mol. The van der Waals surface area contributed by atoms with Gasteiger partial charge in [-0.15, -0.1) is 0 Å². The summed E-state index contributed by atoms with van der Waals surface area (Å²) in [6.45, 7) is 0. The van der Waals surface area contributed by atoms with Gasteiger partial charge in [0.05, 0.1) is 0 Å². The van der Waals surface area contributed by atoms with E-state index in [-0.39, 0.29) is 90.8 Å². The summed E-state index contributed by atoms with van der Waals surface area (Å²) >= 11 is 0. The summed E-state index contributed by atoms with van der Waals surface area (Å²) in [5.41, 5.74) is 0. The van der Waals surface area contributed by atoms with Crippen molar-refractivity contribution in [2.24, 2.45) is 0 Å². The number of rotatable bonds is 0. The first-order valence-corrected chi connectivity index (χ1v) is 0. The van der Waals surface area contributed by atoms with Gasteiger partial charge in [-0.2, -0.15) is 0 Å². The molecule has 0 rings (SSSR count). The van der Waals surface area contributed by atoms with Gasteiger partial charge in [0.15, 0.2) is 0 Å². The summed E-state index contributed by atoms with van der Waals surface area (Å²) in [4.78, 5) is 0.